The topological polar surface area (TPSA) is 47.4 Å². The van der Waals surface area contributed by atoms with Crippen LogP contribution >= 0.6 is 0 Å². The molecule has 1 unspecified atom stereocenters. The van der Waals surface area contributed by atoms with Gasteiger partial charge in [0.15, 0.2) is 0 Å². The molecular formula is C26H31N3O2. The second kappa shape index (κ2) is 8.67. The van der Waals surface area contributed by atoms with Gasteiger partial charge in [-0.3, -0.25) is 4.79 Å². The molecule has 3 aromatic rings. The van der Waals surface area contributed by atoms with Crippen LogP contribution in [0.1, 0.15) is 29.2 Å². The smallest absolute Gasteiger partial charge is 0.271 e. The third-order valence-electron chi connectivity index (χ3n) is 5.94. The molecule has 1 atom stereocenters. The van der Waals surface area contributed by atoms with Gasteiger partial charge in [0.1, 0.15) is 5.75 Å². The van der Waals surface area contributed by atoms with Gasteiger partial charge in [0.25, 0.3) is 5.56 Å². The normalized spacial score (nSPS) is 13.6. The van der Waals surface area contributed by atoms with E-state index in [0.29, 0.717) is 12.5 Å². The van der Waals surface area contributed by atoms with Crippen molar-refractivity contribution in [3.8, 4) is 22.7 Å². The Bertz CT molecular complexity index is 1150. The molecule has 0 N–H and O–H groups in total. The summed E-state index contributed by atoms with van der Waals surface area (Å²) in [7, 11) is 4.13. The zero-order chi connectivity index (χ0) is 22.1. The van der Waals surface area contributed by atoms with E-state index >= 15 is 0 Å². The molecule has 31 heavy (non-hydrogen) atoms. The quantitative estimate of drug-likeness (QED) is 0.603. The Morgan fingerprint density at radius 3 is 2.42 bits per heavy atom. The summed E-state index contributed by atoms with van der Waals surface area (Å²) in [4.78, 5) is 15.0. The highest BCUT2D eigenvalue weighted by Gasteiger charge is 2.20. The van der Waals surface area contributed by atoms with E-state index in [9.17, 15) is 4.79 Å². The van der Waals surface area contributed by atoms with Gasteiger partial charge in [-0.1, -0.05) is 13.0 Å². The van der Waals surface area contributed by atoms with E-state index in [4.69, 9.17) is 9.84 Å². The van der Waals surface area contributed by atoms with Crippen LogP contribution in [0.2, 0.25) is 0 Å². The predicted molar refractivity (Wildman–Crippen MR) is 125 cm³/mol. The van der Waals surface area contributed by atoms with Gasteiger partial charge in [-0.25, -0.2) is 0 Å². The van der Waals surface area contributed by atoms with Crippen LogP contribution in [0.25, 0.3) is 16.9 Å². The first-order valence-electron chi connectivity index (χ1n) is 10.9. The van der Waals surface area contributed by atoms with Gasteiger partial charge in [0, 0.05) is 24.1 Å². The first-order chi connectivity index (χ1) is 14.8. The average Bonchev–Trinajstić information content (AvgIpc) is 2.73. The molecule has 5 nitrogen and oxygen atoms in total. The molecule has 0 spiro atoms. The lowest BCUT2D eigenvalue weighted by Crippen LogP contribution is -2.24. The largest absolute Gasteiger partial charge is 0.493 e. The Morgan fingerprint density at radius 2 is 1.71 bits per heavy atom. The van der Waals surface area contributed by atoms with E-state index in [1.54, 1.807) is 6.07 Å². The molecule has 5 heteroatoms. The molecular weight excluding hydrogens is 386 g/mol. The van der Waals surface area contributed by atoms with Crippen LogP contribution in [0.4, 0.5) is 0 Å². The molecule has 1 aliphatic carbocycles. The molecule has 1 aromatic heterocycles. The summed E-state index contributed by atoms with van der Waals surface area (Å²) >= 11 is 0. The number of aryl methyl sites for hydroxylation is 4. The van der Waals surface area contributed by atoms with Crippen LogP contribution in [0.5, 0.6) is 5.75 Å². The Morgan fingerprint density at radius 1 is 1.03 bits per heavy atom. The molecule has 0 bridgehead atoms. The van der Waals surface area contributed by atoms with E-state index in [1.807, 2.05) is 24.3 Å². The van der Waals surface area contributed by atoms with Crippen LogP contribution in [-0.4, -0.2) is 41.9 Å². The number of benzene rings is 2. The number of ether oxygens (including phenoxy) is 1. The summed E-state index contributed by atoms with van der Waals surface area (Å²) in [5.41, 5.74) is 7.60. The third-order valence-corrected chi connectivity index (χ3v) is 5.94. The van der Waals surface area contributed by atoms with Crippen LogP contribution in [0.3, 0.4) is 0 Å². The summed E-state index contributed by atoms with van der Waals surface area (Å²) in [6, 6.07) is 13.8. The number of aromatic nitrogens is 2. The number of hydrogen-bond donors (Lipinski definition) is 0. The highest BCUT2D eigenvalue weighted by atomic mass is 16.5. The summed E-state index contributed by atoms with van der Waals surface area (Å²) in [5, 5.41) is 4.79. The number of nitrogens with zero attached hydrogens (tertiary/aromatic N) is 3. The van der Waals surface area contributed by atoms with Gasteiger partial charge in [-0.2, -0.15) is 9.78 Å². The summed E-state index contributed by atoms with van der Waals surface area (Å²) < 4.78 is 7.42. The first kappa shape index (κ1) is 21.3. The van der Waals surface area contributed by atoms with Crippen molar-refractivity contribution in [2.75, 3.05) is 27.2 Å². The van der Waals surface area contributed by atoms with Crippen molar-refractivity contribution >= 4 is 0 Å². The van der Waals surface area contributed by atoms with Gasteiger partial charge in [0.2, 0.25) is 0 Å². The van der Waals surface area contributed by atoms with Crippen molar-refractivity contribution in [2.24, 2.45) is 5.92 Å². The van der Waals surface area contributed by atoms with Crippen molar-refractivity contribution < 1.29 is 4.74 Å². The van der Waals surface area contributed by atoms with Crippen molar-refractivity contribution in [1.29, 1.82) is 0 Å². The van der Waals surface area contributed by atoms with Crippen LogP contribution in [0.15, 0.2) is 47.3 Å². The maximum atomic E-state index is 12.8. The van der Waals surface area contributed by atoms with Gasteiger partial charge in [0.05, 0.1) is 18.0 Å². The fourth-order valence-electron chi connectivity index (χ4n) is 4.27. The zero-order valence-electron chi connectivity index (χ0n) is 19.1. The molecule has 0 saturated heterocycles. The molecule has 0 saturated carbocycles. The maximum absolute atomic E-state index is 12.8. The highest BCUT2D eigenvalue weighted by molar-refractivity contribution is 5.70. The van der Waals surface area contributed by atoms with Gasteiger partial charge in [-0.15, -0.1) is 0 Å². The van der Waals surface area contributed by atoms with Crippen molar-refractivity contribution in [3.05, 3.63) is 75.1 Å². The molecule has 1 heterocycles. The predicted octanol–water partition coefficient (Wildman–Crippen LogP) is 4.19. The Labute approximate surface area is 184 Å². The monoisotopic (exact) mass is 417 g/mol. The minimum absolute atomic E-state index is 0.0979. The zero-order valence-corrected chi connectivity index (χ0v) is 19.1. The number of rotatable bonds is 6. The molecule has 0 aliphatic heterocycles. The Balaban J connectivity index is 1.61. The first-order valence-corrected chi connectivity index (χ1v) is 10.9. The van der Waals surface area contributed by atoms with Crippen LogP contribution in [-0.2, 0) is 12.8 Å². The lowest BCUT2D eigenvalue weighted by atomic mass is 9.87. The fraction of sp³-hybridized carbons (Fsp3) is 0.385. The number of hydrogen-bond acceptors (Lipinski definition) is 4. The van der Waals surface area contributed by atoms with E-state index in [1.165, 1.54) is 21.4 Å². The average molecular weight is 418 g/mol. The second-order valence-corrected chi connectivity index (χ2v) is 9.03. The lowest BCUT2D eigenvalue weighted by Gasteiger charge is -2.21. The van der Waals surface area contributed by atoms with Crippen LogP contribution < -0.4 is 10.3 Å². The molecule has 0 fully saturated rings. The molecule has 1 aliphatic rings. The van der Waals surface area contributed by atoms with E-state index in [-0.39, 0.29) is 5.56 Å². The molecule has 4 rings (SSSR count). The van der Waals surface area contributed by atoms with Crippen molar-refractivity contribution in [1.82, 2.24) is 14.7 Å². The van der Waals surface area contributed by atoms with E-state index < -0.39 is 0 Å². The Kier molecular flexibility index (Phi) is 5.96. The SMILES string of the molecule is Cc1cc2c(cc1C)-c1nn(-c3ccc(OCC(C)CN(C)C)cc3)c(=O)cc1CC2. The second-order valence-electron chi connectivity index (χ2n) is 9.03. The summed E-state index contributed by atoms with van der Waals surface area (Å²) in [6.45, 7) is 8.07. The lowest BCUT2D eigenvalue weighted by molar-refractivity contribution is 0.222. The molecule has 0 amide bonds. The number of fused-ring (bicyclic) bond motifs is 3. The maximum Gasteiger partial charge on any atom is 0.271 e. The molecule has 0 radical (unpaired) electrons. The van der Waals surface area contributed by atoms with E-state index in [0.717, 1.165) is 47.6 Å². The van der Waals surface area contributed by atoms with Gasteiger partial charge in [-0.05, 0) is 93.4 Å². The van der Waals surface area contributed by atoms with Crippen molar-refractivity contribution in [3.63, 3.8) is 0 Å². The van der Waals surface area contributed by atoms with Gasteiger partial charge < -0.3 is 9.64 Å². The van der Waals surface area contributed by atoms with Crippen molar-refractivity contribution in [2.45, 2.75) is 33.6 Å². The third kappa shape index (κ3) is 4.57. The summed E-state index contributed by atoms with van der Waals surface area (Å²) in [5.74, 6) is 1.24. The molecule has 2 aromatic carbocycles. The standard InChI is InChI=1S/C26H31N3O2/c1-17(15-28(4)5)16-31-23-10-8-22(9-11-23)29-25(30)14-21-7-6-20-12-18(2)19(3)13-24(20)26(21)27-29/h8-14,17H,6-7,15-16H2,1-5H3. The highest BCUT2D eigenvalue weighted by Crippen LogP contribution is 2.33. The Hall–Kier alpha value is -2.92. The van der Waals surface area contributed by atoms with Gasteiger partial charge >= 0.3 is 0 Å². The minimum atomic E-state index is -0.0979. The van der Waals surface area contributed by atoms with Crippen LogP contribution in [0, 0.1) is 19.8 Å². The van der Waals surface area contributed by atoms with E-state index in [2.05, 4.69) is 51.9 Å². The fourth-order valence-corrected chi connectivity index (χ4v) is 4.27. The summed E-state index contributed by atoms with van der Waals surface area (Å²) in [6.07, 6.45) is 1.80. The minimum Gasteiger partial charge on any atom is -0.493 e. The molecule has 162 valence electrons.